The lowest BCUT2D eigenvalue weighted by Gasteiger charge is -2.20. The summed E-state index contributed by atoms with van der Waals surface area (Å²) in [6, 6.07) is 2.74. The predicted octanol–water partition coefficient (Wildman–Crippen LogP) is 3.42. The minimum atomic E-state index is -5.66. The van der Waals surface area contributed by atoms with Crippen LogP contribution in [0.1, 0.15) is 26.3 Å². The van der Waals surface area contributed by atoms with Gasteiger partial charge in [-0.1, -0.05) is 26.8 Å². The molecule has 0 unspecified atom stereocenters. The van der Waals surface area contributed by atoms with Crippen molar-refractivity contribution in [2.75, 3.05) is 0 Å². The number of hydrogen-bond acceptors (Lipinski definition) is 2. The fourth-order valence-corrected chi connectivity index (χ4v) is 2.16. The normalized spacial score (nSPS) is 13.7. The molecule has 0 aliphatic rings. The van der Waals surface area contributed by atoms with Gasteiger partial charge in [0.2, 0.25) is 0 Å². The van der Waals surface area contributed by atoms with E-state index < -0.39 is 31.5 Å². The van der Waals surface area contributed by atoms with Crippen molar-refractivity contribution in [2.24, 2.45) is 0 Å². The SMILES string of the molecule is CC(C)(C)c1ccc(F)c(S(=O)(=O)C(F)(F)F)c1. The molecule has 0 aliphatic heterocycles. The van der Waals surface area contributed by atoms with Crippen LogP contribution in [0.3, 0.4) is 0 Å². The second-order valence-corrected chi connectivity index (χ2v) is 6.75. The first-order valence-electron chi connectivity index (χ1n) is 4.99. The maximum Gasteiger partial charge on any atom is 0.502 e. The second kappa shape index (κ2) is 4.22. The molecule has 0 fully saturated rings. The Kier molecular flexibility index (Phi) is 3.51. The van der Waals surface area contributed by atoms with Crippen LogP contribution >= 0.6 is 0 Å². The number of rotatable bonds is 1. The van der Waals surface area contributed by atoms with Crippen molar-refractivity contribution < 1.29 is 26.0 Å². The highest BCUT2D eigenvalue weighted by molar-refractivity contribution is 7.92. The Bertz CT molecular complexity index is 553. The van der Waals surface area contributed by atoms with E-state index in [1.807, 2.05) is 0 Å². The van der Waals surface area contributed by atoms with E-state index in [9.17, 15) is 26.0 Å². The van der Waals surface area contributed by atoms with Crippen LogP contribution in [0.25, 0.3) is 0 Å². The standard InChI is InChI=1S/C11H12F4O2S/c1-10(2,3)7-4-5-8(12)9(6-7)18(16,17)11(13,14)15/h4-6H,1-3H3. The molecule has 0 saturated heterocycles. The topological polar surface area (TPSA) is 34.1 Å². The maximum atomic E-state index is 13.3. The van der Waals surface area contributed by atoms with E-state index in [4.69, 9.17) is 0 Å². The lowest BCUT2D eigenvalue weighted by Crippen LogP contribution is -2.25. The van der Waals surface area contributed by atoms with E-state index in [-0.39, 0.29) is 0 Å². The van der Waals surface area contributed by atoms with Gasteiger partial charge in [0.1, 0.15) is 10.7 Å². The zero-order valence-electron chi connectivity index (χ0n) is 9.97. The molecule has 0 N–H and O–H groups in total. The molecule has 7 heteroatoms. The van der Waals surface area contributed by atoms with E-state index in [0.717, 1.165) is 12.1 Å². The molecule has 0 bridgehead atoms. The van der Waals surface area contributed by atoms with E-state index in [0.29, 0.717) is 5.56 Å². The van der Waals surface area contributed by atoms with Crippen molar-refractivity contribution in [1.82, 2.24) is 0 Å². The van der Waals surface area contributed by atoms with E-state index in [1.54, 1.807) is 20.8 Å². The average Bonchev–Trinajstić information content (AvgIpc) is 2.14. The summed E-state index contributed by atoms with van der Waals surface area (Å²) in [5.74, 6) is -1.40. The first kappa shape index (κ1) is 14.9. The van der Waals surface area contributed by atoms with Gasteiger partial charge in [-0.05, 0) is 23.1 Å². The van der Waals surface area contributed by atoms with Gasteiger partial charge >= 0.3 is 5.51 Å². The van der Waals surface area contributed by atoms with Crippen LogP contribution in [-0.4, -0.2) is 13.9 Å². The molecule has 0 amide bonds. The summed E-state index contributed by atoms with van der Waals surface area (Å²) in [6.45, 7) is 5.05. The van der Waals surface area contributed by atoms with Crippen LogP contribution in [0, 0.1) is 5.82 Å². The number of sulfone groups is 1. The van der Waals surface area contributed by atoms with Gasteiger partial charge in [0.15, 0.2) is 0 Å². The van der Waals surface area contributed by atoms with Gasteiger partial charge in [0.25, 0.3) is 9.84 Å². The lowest BCUT2D eigenvalue weighted by atomic mass is 9.87. The van der Waals surface area contributed by atoms with E-state index >= 15 is 0 Å². The number of halogens is 4. The van der Waals surface area contributed by atoms with Gasteiger partial charge < -0.3 is 0 Å². The average molecular weight is 284 g/mol. The van der Waals surface area contributed by atoms with E-state index in [2.05, 4.69) is 0 Å². The first-order chi connectivity index (χ1) is 7.87. The van der Waals surface area contributed by atoms with Crippen molar-refractivity contribution >= 4 is 9.84 Å². The highest BCUT2D eigenvalue weighted by atomic mass is 32.2. The van der Waals surface area contributed by atoms with Crippen molar-refractivity contribution in [3.63, 3.8) is 0 Å². The van der Waals surface area contributed by atoms with Crippen LogP contribution in [0.4, 0.5) is 17.6 Å². The molecular weight excluding hydrogens is 272 g/mol. The van der Waals surface area contributed by atoms with Gasteiger partial charge in [-0.2, -0.15) is 13.2 Å². The third-order valence-corrected chi connectivity index (χ3v) is 3.89. The third-order valence-electron chi connectivity index (χ3n) is 2.39. The van der Waals surface area contributed by atoms with Gasteiger partial charge in [0, 0.05) is 0 Å². The second-order valence-electron chi connectivity index (χ2n) is 4.84. The largest absolute Gasteiger partial charge is 0.502 e. The monoisotopic (exact) mass is 284 g/mol. The summed E-state index contributed by atoms with van der Waals surface area (Å²) in [6.07, 6.45) is 0. The molecule has 1 aromatic rings. The Morgan fingerprint density at radius 1 is 1.06 bits per heavy atom. The maximum absolute atomic E-state index is 13.3. The van der Waals surface area contributed by atoms with Crippen LogP contribution in [-0.2, 0) is 15.3 Å². The zero-order chi connectivity index (χ0) is 14.4. The van der Waals surface area contributed by atoms with Crippen molar-refractivity contribution in [1.29, 1.82) is 0 Å². The summed E-state index contributed by atoms with van der Waals surface area (Å²) in [4.78, 5) is -1.33. The summed E-state index contributed by atoms with van der Waals surface area (Å²) < 4.78 is 72.8. The smallest absolute Gasteiger partial charge is 0.214 e. The van der Waals surface area contributed by atoms with Crippen LogP contribution in [0.5, 0.6) is 0 Å². The highest BCUT2D eigenvalue weighted by Crippen LogP contribution is 2.34. The zero-order valence-corrected chi connectivity index (χ0v) is 10.8. The fourth-order valence-electron chi connectivity index (χ4n) is 1.30. The molecule has 2 nitrogen and oxygen atoms in total. The number of hydrogen-bond donors (Lipinski definition) is 0. The summed E-state index contributed by atoms with van der Waals surface area (Å²) in [5, 5.41) is 0. The van der Waals surface area contributed by atoms with Crippen LogP contribution < -0.4 is 0 Å². The molecule has 0 heterocycles. The predicted molar refractivity (Wildman–Crippen MR) is 58.3 cm³/mol. The van der Waals surface area contributed by atoms with Crippen molar-refractivity contribution in [3.8, 4) is 0 Å². The molecule has 0 aliphatic carbocycles. The molecule has 18 heavy (non-hydrogen) atoms. The Morgan fingerprint density at radius 2 is 1.56 bits per heavy atom. The Labute approximate surface area is 103 Å². The summed E-state index contributed by atoms with van der Waals surface area (Å²) >= 11 is 0. The quantitative estimate of drug-likeness (QED) is 0.740. The third kappa shape index (κ3) is 2.66. The fraction of sp³-hybridized carbons (Fsp3) is 0.455. The molecule has 1 rings (SSSR count). The lowest BCUT2D eigenvalue weighted by molar-refractivity contribution is -0.0437. The van der Waals surface area contributed by atoms with E-state index in [1.165, 1.54) is 6.07 Å². The van der Waals surface area contributed by atoms with Gasteiger partial charge in [-0.3, -0.25) is 0 Å². The molecule has 0 spiro atoms. The number of benzene rings is 1. The molecule has 0 radical (unpaired) electrons. The van der Waals surface area contributed by atoms with Crippen molar-refractivity contribution in [2.45, 2.75) is 36.6 Å². The molecule has 102 valence electrons. The van der Waals surface area contributed by atoms with Gasteiger partial charge in [-0.25, -0.2) is 12.8 Å². The molecular formula is C11H12F4O2S. The summed E-state index contributed by atoms with van der Waals surface area (Å²) in [5.41, 5.74) is -5.78. The van der Waals surface area contributed by atoms with Crippen LogP contribution in [0.2, 0.25) is 0 Å². The Morgan fingerprint density at radius 3 is 1.94 bits per heavy atom. The van der Waals surface area contributed by atoms with Gasteiger partial charge in [-0.15, -0.1) is 0 Å². The molecule has 0 atom stereocenters. The molecule has 0 aromatic heterocycles. The van der Waals surface area contributed by atoms with Crippen LogP contribution in [0.15, 0.2) is 23.1 Å². The number of alkyl halides is 3. The first-order valence-corrected chi connectivity index (χ1v) is 6.47. The molecule has 0 saturated carbocycles. The highest BCUT2D eigenvalue weighted by Gasteiger charge is 2.48. The Balaban J connectivity index is 3.53. The molecule has 1 aromatic carbocycles. The Hall–Kier alpha value is -1.11. The van der Waals surface area contributed by atoms with Gasteiger partial charge in [0.05, 0.1) is 0 Å². The minimum absolute atomic E-state index is 0.312. The minimum Gasteiger partial charge on any atom is -0.214 e. The van der Waals surface area contributed by atoms with Crippen molar-refractivity contribution in [3.05, 3.63) is 29.6 Å². The summed E-state index contributed by atoms with van der Waals surface area (Å²) in [7, 11) is -5.66.